The highest BCUT2D eigenvalue weighted by atomic mass is 32.1. The van der Waals surface area contributed by atoms with Crippen molar-refractivity contribution in [1.29, 1.82) is 0 Å². The number of hydrogen-bond donors (Lipinski definition) is 1. The van der Waals surface area contributed by atoms with E-state index in [1.807, 2.05) is 24.2 Å². The molecule has 0 aliphatic carbocycles. The summed E-state index contributed by atoms with van der Waals surface area (Å²) in [7, 11) is 3.82. The summed E-state index contributed by atoms with van der Waals surface area (Å²) in [6.07, 6.45) is 1.78. The second-order valence-corrected chi connectivity index (χ2v) is 4.10. The Morgan fingerprint density at radius 1 is 1.33 bits per heavy atom. The van der Waals surface area contributed by atoms with Gasteiger partial charge in [-0.15, -0.1) is 11.3 Å². The monoisotopic (exact) mass is 219 g/mol. The standard InChI is InChI=1S/C9H9N5S/c1-10-8-5-7(14(2)3-11-5)6-9(13-8)15-4-12-6/h3-4H,1-2H3,(H,10,13). The van der Waals surface area contributed by atoms with Crippen molar-refractivity contribution in [2.75, 3.05) is 12.4 Å². The number of hydrogen-bond acceptors (Lipinski definition) is 5. The average Bonchev–Trinajstić information content (AvgIpc) is 2.83. The Bertz CT molecular complexity index is 638. The van der Waals surface area contributed by atoms with Crippen LogP contribution >= 0.6 is 11.3 Å². The Kier molecular flexibility index (Phi) is 1.66. The van der Waals surface area contributed by atoms with Crippen molar-refractivity contribution in [3.05, 3.63) is 11.8 Å². The van der Waals surface area contributed by atoms with Gasteiger partial charge >= 0.3 is 0 Å². The third kappa shape index (κ3) is 1.05. The van der Waals surface area contributed by atoms with Crippen molar-refractivity contribution in [3.8, 4) is 0 Å². The molecule has 3 heterocycles. The van der Waals surface area contributed by atoms with Crippen molar-refractivity contribution < 1.29 is 0 Å². The van der Waals surface area contributed by atoms with Gasteiger partial charge in [0.05, 0.1) is 11.8 Å². The third-order valence-electron chi connectivity index (χ3n) is 2.38. The first-order valence-electron chi connectivity index (χ1n) is 4.53. The first-order valence-corrected chi connectivity index (χ1v) is 5.41. The molecule has 1 N–H and O–H groups in total. The molecule has 0 fully saturated rings. The van der Waals surface area contributed by atoms with Gasteiger partial charge in [-0.3, -0.25) is 0 Å². The van der Waals surface area contributed by atoms with E-state index in [9.17, 15) is 0 Å². The molecule has 0 amide bonds. The predicted octanol–water partition coefficient (Wildman–Crippen LogP) is 1.62. The first-order chi connectivity index (χ1) is 7.31. The topological polar surface area (TPSA) is 55.6 Å². The normalized spacial score (nSPS) is 11.3. The maximum absolute atomic E-state index is 4.46. The fourth-order valence-corrected chi connectivity index (χ4v) is 2.36. The molecule has 0 aromatic carbocycles. The van der Waals surface area contributed by atoms with E-state index in [2.05, 4.69) is 20.3 Å². The molecule has 3 aromatic rings. The minimum absolute atomic E-state index is 0.808. The Morgan fingerprint density at radius 2 is 2.20 bits per heavy atom. The number of pyridine rings is 1. The summed E-state index contributed by atoms with van der Waals surface area (Å²) < 4.78 is 1.97. The van der Waals surface area contributed by atoms with Crippen molar-refractivity contribution in [2.24, 2.45) is 7.05 Å². The lowest BCUT2D eigenvalue weighted by molar-refractivity contribution is 0.949. The van der Waals surface area contributed by atoms with Gasteiger partial charge in [0, 0.05) is 14.1 Å². The number of fused-ring (bicyclic) bond motifs is 3. The van der Waals surface area contributed by atoms with Crippen LogP contribution in [0.4, 0.5) is 5.82 Å². The molecule has 3 rings (SSSR count). The van der Waals surface area contributed by atoms with Gasteiger partial charge in [-0.1, -0.05) is 0 Å². The van der Waals surface area contributed by atoms with E-state index in [1.165, 1.54) is 0 Å². The van der Waals surface area contributed by atoms with Crippen LogP contribution in [0.5, 0.6) is 0 Å². The molecule has 5 nitrogen and oxygen atoms in total. The molecule has 6 heteroatoms. The van der Waals surface area contributed by atoms with E-state index in [4.69, 9.17) is 0 Å². The number of anilines is 1. The molecule has 0 aliphatic rings. The van der Waals surface area contributed by atoms with E-state index in [0.717, 1.165) is 27.2 Å². The number of thiazole rings is 1. The number of rotatable bonds is 1. The van der Waals surface area contributed by atoms with E-state index in [0.29, 0.717) is 0 Å². The zero-order valence-corrected chi connectivity index (χ0v) is 9.17. The zero-order valence-electron chi connectivity index (χ0n) is 8.35. The van der Waals surface area contributed by atoms with Crippen LogP contribution in [-0.2, 0) is 7.05 Å². The highest BCUT2D eigenvalue weighted by Crippen LogP contribution is 2.28. The average molecular weight is 219 g/mol. The second kappa shape index (κ2) is 2.90. The van der Waals surface area contributed by atoms with Crippen LogP contribution in [0.15, 0.2) is 11.8 Å². The van der Waals surface area contributed by atoms with Gasteiger partial charge in [0.25, 0.3) is 0 Å². The highest BCUT2D eigenvalue weighted by Gasteiger charge is 2.13. The van der Waals surface area contributed by atoms with Crippen LogP contribution in [0, 0.1) is 0 Å². The second-order valence-electron chi connectivity index (χ2n) is 3.27. The maximum Gasteiger partial charge on any atom is 0.155 e. The summed E-state index contributed by atoms with van der Waals surface area (Å²) in [4.78, 5) is 14.0. The highest BCUT2D eigenvalue weighted by molar-refractivity contribution is 7.16. The molecular weight excluding hydrogens is 210 g/mol. The number of aryl methyl sites for hydroxylation is 1. The summed E-state index contributed by atoms with van der Waals surface area (Å²) in [5.74, 6) is 0.808. The molecule has 0 atom stereocenters. The van der Waals surface area contributed by atoms with Gasteiger partial charge < -0.3 is 9.88 Å². The predicted molar refractivity (Wildman–Crippen MR) is 61.2 cm³/mol. The van der Waals surface area contributed by atoms with Gasteiger partial charge in [-0.2, -0.15) is 0 Å². The third-order valence-corrected chi connectivity index (χ3v) is 3.10. The van der Waals surface area contributed by atoms with E-state index in [-0.39, 0.29) is 0 Å². The molecular formula is C9H9N5S. The van der Waals surface area contributed by atoms with Gasteiger partial charge in [0.2, 0.25) is 0 Å². The molecule has 0 unspecified atom stereocenters. The molecule has 15 heavy (non-hydrogen) atoms. The van der Waals surface area contributed by atoms with Crippen LogP contribution in [0.3, 0.4) is 0 Å². The van der Waals surface area contributed by atoms with Crippen LogP contribution in [-0.4, -0.2) is 26.6 Å². The SMILES string of the molecule is CNc1nc2scnc2c2c1ncn2C. The molecule has 0 aliphatic heterocycles. The van der Waals surface area contributed by atoms with E-state index in [1.54, 1.807) is 17.7 Å². The molecule has 0 bridgehead atoms. The smallest absolute Gasteiger partial charge is 0.155 e. The Labute approximate surface area is 89.8 Å². The van der Waals surface area contributed by atoms with E-state index < -0.39 is 0 Å². The summed E-state index contributed by atoms with van der Waals surface area (Å²) in [6, 6.07) is 0. The lowest BCUT2D eigenvalue weighted by Gasteiger charge is -2.01. The summed E-state index contributed by atoms with van der Waals surface area (Å²) in [6.45, 7) is 0. The number of nitrogens with one attached hydrogen (secondary N) is 1. The number of nitrogens with zero attached hydrogens (tertiary/aromatic N) is 4. The minimum atomic E-state index is 0.808. The van der Waals surface area contributed by atoms with Gasteiger partial charge in [-0.25, -0.2) is 15.0 Å². The van der Waals surface area contributed by atoms with Crippen molar-refractivity contribution >= 4 is 38.5 Å². The van der Waals surface area contributed by atoms with E-state index >= 15 is 0 Å². The van der Waals surface area contributed by atoms with Crippen molar-refractivity contribution in [2.45, 2.75) is 0 Å². The lowest BCUT2D eigenvalue weighted by atomic mass is 10.3. The van der Waals surface area contributed by atoms with Crippen molar-refractivity contribution in [1.82, 2.24) is 19.5 Å². The largest absolute Gasteiger partial charge is 0.371 e. The van der Waals surface area contributed by atoms with Crippen LogP contribution in [0.2, 0.25) is 0 Å². The lowest BCUT2D eigenvalue weighted by Crippen LogP contribution is -1.95. The fourth-order valence-electron chi connectivity index (χ4n) is 1.69. The molecule has 0 spiro atoms. The summed E-state index contributed by atoms with van der Waals surface area (Å²) in [5, 5.41) is 3.06. The van der Waals surface area contributed by atoms with Gasteiger partial charge in [0.15, 0.2) is 5.82 Å². The first kappa shape index (κ1) is 8.60. The molecule has 0 radical (unpaired) electrons. The molecule has 0 saturated carbocycles. The Hall–Kier alpha value is -1.69. The molecule has 0 saturated heterocycles. The van der Waals surface area contributed by atoms with Crippen LogP contribution < -0.4 is 5.32 Å². The molecule has 76 valence electrons. The fraction of sp³-hybridized carbons (Fsp3) is 0.222. The quantitative estimate of drug-likeness (QED) is 0.675. The van der Waals surface area contributed by atoms with Crippen molar-refractivity contribution in [3.63, 3.8) is 0 Å². The maximum atomic E-state index is 4.46. The number of imidazole rings is 1. The minimum Gasteiger partial charge on any atom is -0.371 e. The van der Waals surface area contributed by atoms with Crippen LogP contribution in [0.1, 0.15) is 0 Å². The van der Waals surface area contributed by atoms with Gasteiger partial charge in [0.1, 0.15) is 21.4 Å². The molecule has 3 aromatic heterocycles. The number of aromatic nitrogens is 4. The Morgan fingerprint density at radius 3 is 3.00 bits per heavy atom. The summed E-state index contributed by atoms with van der Waals surface area (Å²) >= 11 is 1.54. The van der Waals surface area contributed by atoms with Crippen LogP contribution in [0.25, 0.3) is 21.4 Å². The Balaban J connectivity index is 2.61. The van der Waals surface area contributed by atoms with Gasteiger partial charge in [-0.05, 0) is 0 Å². The summed E-state index contributed by atoms with van der Waals surface area (Å²) in [5.41, 5.74) is 4.64. The zero-order chi connectivity index (χ0) is 10.4.